The Balaban J connectivity index is 2.12. The van der Waals surface area contributed by atoms with E-state index in [1.165, 1.54) is 4.90 Å². The molecular formula is C15H20N4O2. The maximum absolute atomic E-state index is 12.7. The van der Waals surface area contributed by atoms with Gasteiger partial charge in [0.2, 0.25) is 0 Å². The van der Waals surface area contributed by atoms with Crippen LogP contribution in [0.15, 0.2) is 0 Å². The summed E-state index contributed by atoms with van der Waals surface area (Å²) in [6.07, 6.45) is 4.24. The average molecular weight is 288 g/mol. The minimum atomic E-state index is -0.773. The highest BCUT2D eigenvalue weighted by Crippen LogP contribution is 2.38. The third-order valence-corrected chi connectivity index (χ3v) is 4.69. The van der Waals surface area contributed by atoms with Crippen LogP contribution in [0.3, 0.4) is 0 Å². The summed E-state index contributed by atoms with van der Waals surface area (Å²) < 4.78 is 0. The van der Waals surface area contributed by atoms with E-state index in [-0.39, 0.29) is 24.8 Å². The second-order valence-corrected chi connectivity index (χ2v) is 5.99. The van der Waals surface area contributed by atoms with Crippen LogP contribution in [0.2, 0.25) is 0 Å². The standard InChI is InChI=1S/C15H20N4O2/c1-11-5-2-3-7-15(11)13(20)19(14(21)18-15)10-12(9-17)6-4-8-16/h11-12H,2-7,10H2,1H3,(H,18,21)/t11-,12-,15-/m1/s1. The molecule has 21 heavy (non-hydrogen) atoms. The highest BCUT2D eigenvalue weighted by atomic mass is 16.2. The molecule has 1 heterocycles. The van der Waals surface area contributed by atoms with Gasteiger partial charge in [-0.05, 0) is 25.2 Å². The predicted octanol–water partition coefficient (Wildman–Crippen LogP) is 1.93. The summed E-state index contributed by atoms with van der Waals surface area (Å²) in [6.45, 7) is 2.08. The van der Waals surface area contributed by atoms with Gasteiger partial charge in [-0.1, -0.05) is 19.8 Å². The zero-order chi connectivity index (χ0) is 15.5. The number of amides is 3. The maximum atomic E-state index is 12.7. The summed E-state index contributed by atoms with van der Waals surface area (Å²) in [5, 5.41) is 20.6. The summed E-state index contributed by atoms with van der Waals surface area (Å²) in [4.78, 5) is 26.0. The molecule has 6 heteroatoms. The van der Waals surface area contributed by atoms with E-state index in [4.69, 9.17) is 10.5 Å². The van der Waals surface area contributed by atoms with Gasteiger partial charge in [-0.15, -0.1) is 0 Å². The fourth-order valence-electron chi connectivity index (χ4n) is 3.32. The van der Waals surface area contributed by atoms with E-state index in [1.54, 1.807) is 0 Å². The van der Waals surface area contributed by atoms with Gasteiger partial charge in [0, 0.05) is 13.0 Å². The van der Waals surface area contributed by atoms with Crippen molar-refractivity contribution in [2.45, 2.75) is 51.0 Å². The Morgan fingerprint density at radius 1 is 1.43 bits per heavy atom. The van der Waals surface area contributed by atoms with Crippen molar-refractivity contribution in [3.8, 4) is 12.1 Å². The van der Waals surface area contributed by atoms with Crippen molar-refractivity contribution in [2.24, 2.45) is 11.8 Å². The van der Waals surface area contributed by atoms with Crippen LogP contribution in [-0.2, 0) is 4.79 Å². The molecule has 3 amide bonds. The molecule has 1 N–H and O–H groups in total. The number of urea groups is 1. The van der Waals surface area contributed by atoms with Gasteiger partial charge in [-0.2, -0.15) is 10.5 Å². The van der Waals surface area contributed by atoms with Crippen molar-refractivity contribution in [3.63, 3.8) is 0 Å². The van der Waals surface area contributed by atoms with E-state index in [1.807, 2.05) is 13.0 Å². The molecule has 1 spiro atoms. The number of nitriles is 2. The third-order valence-electron chi connectivity index (χ3n) is 4.69. The Bertz CT molecular complexity index is 519. The Morgan fingerprint density at radius 3 is 2.81 bits per heavy atom. The van der Waals surface area contributed by atoms with Crippen LogP contribution in [-0.4, -0.2) is 28.9 Å². The zero-order valence-corrected chi connectivity index (χ0v) is 12.3. The molecule has 1 saturated carbocycles. The Kier molecular flexibility index (Phi) is 4.47. The van der Waals surface area contributed by atoms with Crippen molar-refractivity contribution in [2.75, 3.05) is 6.54 Å². The van der Waals surface area contributed by atoms with Crippen LogP contribution in [0.5, 0.6) is 0 Å². The first-order valence-electron chi connectivity index (χ1n) is 7.46. The van der Waals surface area contributed by atoms with Gasteiger partial charge in [0.15, 0.2) is 0 Å². The van der Waals surface area contributed by atoms with E-state index in [2.05, 4.69) is 11.4 Å². The Hall–Kier alpha value is -2.08. The van der Waals surface area contributed by atoms with Crippen LogP contribution in [0.25, 0.3) is 0 Å². The lowest BCUT2D eigenvalue weighted by molar-refractivity contribution is -0.134. The summed E-state index contributed by atoms with van der Waals surface area (Å²) in [5.74, 6) is -0.558. The highest BCUT2D eigenvalue weighted by Gasteiger charge is 2.54. The molecule has 1 saturated heterocycles. The molecule has 0 aromatic heterocycles. The molecule has 1 aliphatic carbocycles. The second kappa shape index (κ2) is 6.13. The van der Waals surface area contributed by atoms with Crippen molar-refractivity contribution in [1.82, 2.24) is 10.2 Å². The number of hydrogen-bond acceptors (Lipinski definition) is 4. The molecule has 2 fully saturated rings. The van der Waals surface area contributed by atoms with Gasteiger partial charge in [-0.3, -0.25) is 9.69 Å². The van der Waals surface area contributed by atoms with Gasteiger partial charge in [0.1, 0.15) is 5.54 Å². The molecule has 2 rings (SSSR count). The van der Waals surface area contributed by atoms with E-state index >= 15 is 0 Å². The molecule has 3 atom stereocenters. The molecule has 1 aliphatic heterocycles. The van der Waals surface area contributed by atoms with Crippen LogP contribution in [0, 0.1) is 34.5 Å². The van der Waals surface area contributed by atoms with Crippen LogP contribution >= 0.6 is 0 Å². The van der Waals surface area contributed by atoms with Gasteiger partial charge in [0.25, 0.3) is 5.91 Å². The SMILES string of the molecule is C[C@@H]1CCCC[C@@]12NC(=O)N(C[C@@H](C#N)CCC#N)C2=O. The number of carbonyl (C=O) groups is 2. The molecule has 0 unspecified atom stereocenters. The van der Waals surface area contributed by atoms with E-state index in [0.717, 1.165) is 19.3 Å². The molecule has 0 bridgehead atoms. The Morgan fingerprint density at radius 2 is 2.19 bits per heavy atom. The molecule has 2 aliphatic rings. The predicted molar refractivity (Wildman–Crippen MR) is 74.6 cm³/mol. The lowest BCUT2D eigenvalue weighted by Gasteiger charge is -2.36. The van der Waals surface area contributed by atoms with E-state index in [9.17, 15) is 9.59 Å². The summed E-state index contributed by atoms with van der Waals surface area (Å²) in [6, 6.07) is 3.67. The largest absolute Gasteiger partial charge is 0.325 e. The smallest absolute Gasteiger partial charge is 0.323 e. The molecule has 6 nitrogen and oxygen atoms in total. The fourth-order valence-corrected chi connectivity index (χ4v) is 3.32. The average Bonchev–Trinajstić information content (AvgIpc) is 2.71. The number of nitrogens with zero attached hydrogens (tertiary/aromatic N) is 3. The first-order valence-corrected chi connectivity index (χ1v) is 7.46. The lowest BCUT2D eigenvalue weighted by Crippen LogP contribution is -2.54. The molecule has 0 radical (unpaired) electrons. The first kappa shape index (κ1) is 15.3. The van der Waals surface area contributed by atoms with E-state index < -0.39 is 17.5 Å². The molecule has 0 aromatic rings. The molecule has 0 aromatic carbocycles. The Labute approximate surface area is 124 Å². The normalized spacial score (nSPS) is 29.9. The van der Waals surface area contributed by atoms with E-state index in [0.29, 0.717) is 12.8 Å². The van der Waals surface area contributed by atoms with Crippen molar-refractivity contribution < 1.29 is 9.59 Å². The summed E-state index contributed by atoms with van der Waals surface area (Å²) >= 11 is 0. The summed E-state index contributed by atoms with van der Waals surface area (Å²) in [7, 11) is 0. The highest BCUT2D eigenvalue weighted by molar-refractivity contribution is 6.07. The topological polar surface area (TPSA) is 97.0 Å². The molecule has 112 valence electrons. The first-order chi connectivity index (χ1) is 10.0. The maximum Gasteiger partial charge on any atom is 0.325 e. The zero-order valence-electron chi connectivity index (χ0n) is 12.3. The van der Waals surface area contributed by atoms with Crippen LogP contribution in [0.1, 0.15) is 45.4 Å². The van der Waals surface area contributed by atoms with Gasteiger partial charge in [-0.25, -0.2) is 4.79 Å². The minimum Gasteiger partial charge on any atom is -0.323 e. The number of nitrogens with one attached hydrogen (secondary N) is 1. The van der Waals surface area contributed by atoms with Gasteiger partial charge >= 0.3 is 6.03 Å². The van der Waals surface area contributed by atoms with Crippen LogP contribution in [0.4, 0.5) is 4.79 Å². The quantitative estimate of drug-likeness (QED) is 0.799. The lowest BCUT2D eigenvalue weighted by atomic mass is 9.73. The number of hydrogen-bond donors (Lipinski definition) is 1. The second-order valence-electron chi connectivity index (χ2n) is 5.99. The van der Waals surface area contributed by atoms with Crippen molar-refractivity contribution in [1.29, 1.82) is 10.5 Å². The van der Waals surface area contributed by atoms with Crippen LogP contribution < -0.4 is 5.32 Å². The van der Waals surface area contributed by atoms with Crippen molar-refractivity contribution in [3.05, 3.63) is 0 Å². The number of imide groups is 1. The summed E-state index contributed by atoms with van der Waals surface area (Å²) in [5.41, 5.74) is -0.773. The fraction of sp³-hybridized carbons (Fsp3) is 0.733. The number of rotatable bonds is 4. The molecular weight excluding hydrogens is 268 g/mol. The third kappa shape index (κ3) is 2.71. The van der Waals surface area contributed by atoms with Gasteiger partial charge < -0.3 is 5.32 Å². The monoisotopic (exact) mass is 288 g/mol. The number of carbonyl (C=O) groups excluding carboxylic acids is 2. The van der Waals surface area contributed by atoms with Gasteiger partial charge in [0.05, 0.1) is 18.1 Å². The minimum absolute atomic E-state index is 0.0807. The van der Waals surface area contributed by atoms with Crippen molar-refractivity contribution >= 4 is 11.9 Å².